The summed E-state index contributed by atoms with van der Waals surface area (Å²) in [4.78, 5) is 14.2. The van der Waals surface area contributed by atoms with Crippen molar-refractivity contribution in [2.45, 2.75) is 44.6 Å². The second-order valence-corrected chi connectivity index (χ2v) is 4.96. The monoisotopic (exact) mass is 244 g/mol. The van der Waals surface area contributed by atoms with Crippen LogP contribution in [0.4, 0.5) is 5.69 Å². The van der Waals surface area contributed by atoms with Crippen molar-refractivity contribution in [3.8, 4) is 0 Å². The highest BCUT2D eigenvalue weighted by molar-refractivity contribution is 5.44. The molecule has 2 rings (SSSR count). The van der Waals surface area contributed by atoms with Gasteiger partial charge < -0.3 is 4.85 Å². The van der Waals surface area contributed by atoms with E-state index in [0.29, 0.717) is 0 Å². The summed E-state index contributed by atoms with van der Waals surface area (Å²) in [6.45, 7) is 9.37. The van der Waals surface area contributed by atoms with Crippen molar-refractivity contribution in [2.75, 3.05) is 0 Å². The van der Waals surface area contributed by atoms with Crippen molar-refractivity contribution in [2.24, 2.45) is 0 Å². The highest BCUT2D eigenvalue weighted by atomic mass is 16.6. The van der Waals surface area contributed by atoms with E-state index in [1.54, 1.807) is 12.1 Å². The Bertz CT molecular complexity index is 511. The van der Waals surface area contributed by atoms with Gasteiger partial charge in [-0.05, 0) is 31.4 Å². The summed E-state index contributed by atoms with van der Waals surface area (Å²) in [5, 5.41) is 10.7. The van der Waals surface area contributed by atoms with Gasteiger partial charge in [-0.2, -0.15) is 0 Å². The molecule has 1 aliphatic carbocycles. The van der Waals surface area contributed by atoms with Crippen LogP contribution < -0.4 is 0 Å². The molecule has 1 saturated carbocycles. The third-order valence-electron chi connectivity index (χ3n) is 3.82. The predicted octanol–water partition coefficient (Wildman–Crippen LogP) is 3.98. The summed E-state index contributed by atoms with van der Waals surface area (Å²) in [6, 6.07) is 4.87. The Labute approximate surface area is 107 Å². The smallest absolute Gasteiger partial charge is 0.269 e. The lowest BCUT2D eigenvalue weighted by Crippen LogP contribution is -2.26. The fourth-order valence-corrected chi connectivity index (χ4v) is 2.86. The van der Waals surface area contributed by atoms with Crippen molar-refractivity contribution >= 4 is 5.69 Å². The summed E-state index contributed by atoms with van der Waals surface area (Å²) in [5.41, 5.74) is 1.49. The van der Waals surface area contributed by atoms with E-state index < -0.39 is 5.54 Å². The first kappa shape index (κ1) is 12.6. The van der Waals surface area contributed by atoms with E-state index >= 15 is 0 Å². The molecule has 0 atom stereocenters. The Balaban J connectivity index is 2.44. The molecule has 0 spiro atoms. The molecule has 1 aliphatic rings. The normalized spacial score (nSPS) is 18.0. The topological polar surface area (TPSA) is 47.5 Å². The molecule has 94 valence electrons. The number of nitro groups is 1. The summed E-state index contributed by atoms with van der Waals surface area (Å²) in [7, 11) is 0. The summed E-state index contributed by atoms with van der Waals surface area (Å²) >= 11 is 0. The van der Waals surface area contributed by atoms with Crippen LogP contribution in [-0.4, -0.2) is 4.92 Å². The van der Waals surface area contributed by atoms with E-state index in [-0.39, 0.29) is 10.6 Å². The molecule has 0 aliphatic heterocycles. The zero-order chi connectivity index (χ0) is 13.2. The molecule has 4 nitrogen and oxygen atoms in total. The van der Waals surface area contributed by atoms with Crippen molar-refractivity contribution < 1.29 is 4.92 Å². The minimum Gasteiger partial charge on any atom is -0.305 e. The van der Waals surface area contributed by atoms with E-state index in [2.05, 4.69) is 4.85 Å². The molecule has 4 heteroatoms. The largest absolute Gasteiger partial charge is 0.305 e. The first-order valence-electron chi connectivity index (χ1n) is 6.23. The number of non-ortho nitro benzene ring substituents is 1. The maximum atomic E-state index is 10.7. The summed E-state index contributed by atoms with van der Waals surface area (Å²) in [5.74, 6) is 0. The summed E-state index contributed by atoms with van der Waals surface area (Å²) in [6.07, 6.45) is 5.06. The molecule has 0 unspecified atom stereocenters. The lowest BCUT2D eigenvalue weighted by molar-refractivity contribution is -0.384. The number of hydrogen-bond donors (Lipinski definition) is 0. The molecule has 1 aromatic rings. The van der Waals surface area contributed by atoms with E-state index in [0.717, 1.165) is 36.8 Å². The van der Waals surface area contributed by atoms with Gasteiger partial charge in [-0.3, -0.25) is 10.1 Å². The Hall–Kier alpha value is -1.89. The van der Waals surface area contributed by atoms with Gasteiger partial charge >= 0.3 is 0 Å². The van der Waals surface area contributed by atoms with Gasteiger partial charge in [0.05, 0.1) is 4.92 Å². The van der Waals surface area contributed by atoms with Crippen LogP contribution in [0.15, 0.2) is 18.2 Å². The fraction of sp³-hybridized carbons (Fsp3) is 0.500. The van der Waals surface area contributed by atoms with Crippen LogP contribution in [0.2, 0.25) is 0 Å². The van der Waals surface area contributed by atoms with Gasteiger partial charge in [0.15, 0.2) is 0 Å². The van der Waals surface area contributed by atoms with Gasteiger partial charge in [0.2, 0.25) is 0 Å². The quantitative estimate of drug-likeness (QED) is 0.448. The number of aryl methyl sites for hydroxylation is 1. The molecule has 0 heterocycles. The Morgan fingerprint density at radius 3 is 2.50 bits per heavy atom. The zero-order valence-electron chi connectivity index (χ0n) is 10.5. The van der Waals surface area contributed by atoms with Crippen LogP contribution in [0.1, 0.15) is 43.2 Å². The van der Waals surface area contributed by atoms with Crippen LogP contribution in [0.5, 0.6) is 0 Å². The van der Waals surface area contributed by atoms with Gasteiger partial charge in [-0.15, -0.1) is 0 Å². The molecule has 0 saturated heterocycles. The third-order valence-corrected chi connectivity index (χ3v) is 3.82. The number of rotatable bonds is 2. The average Bonchev–Trinajstić information content (AvgIpc) is 2.39. The lowest BCUT2D eigenvalue weighted by Gasteiger charge is -2.27. The Morgan fingerprint density at radius 2 is 2.00 bits per heavy atom. The van der Waals surface area contributed by atoms with E-state index in [1.807, 2.05) is 6.92 Å². The van der Waals surface area contributed by atoms with Crippen molar-refractivity contribution in [3.63, 3.8) is 0 Å². The van der Waals surface area contributed by atoms with Crippen molar-refractivity contribution in [1.82, 2.24) is 0 Å². The van der Waals surface area contributed by atoms with Crippen molar-refractivity contribution in [3.05, 3.63) is 50.9 Å². The highest BCUT2D eigenvalue weighted by Crippen LogP contribution is 2.42. The van der Waals surface area contributed by atoms with Crippen LogP contribution in [0.3, 0.4) is 0 Å². The molecule has 0 radical (unpaired) electrons. The number of benzene rings is 1. The van der Waals surface area contributed by atoms with Crippen LogP contribution in [0.25, 0.3) is 4.85 Å². The van der Waals surface area contributed by atoms with Crippen molar-refractivity contribution in [1.29, 1.82) is 0 Å². The minimum atomic E-state index is -0.447. The number of hydrogen-bond acceptors (Lipinski definition) is 2. The second kappa shape index (κ2) is 4.77. The second-order valence-electron chi connectivity index (χ2n) is 4.96. The lowest BCUT2D eigenvalue weighted by atomic mass is 9.76. The molecule has 1 aromatic carbocycles. The molecule has 0 bridgehead atoms. The van der Waals surface area contributed by atoms with Gasteiger partial charge in [0.25, 0.3) is 11.2 Å². The molecule has 0 N–H and O–H groups in total. The van der Waals surface area contributed by atoms with E-state index in [4.69, 9.17) is 6.57 Å². The fourth-order valence-electron chi connectivity index (χ4n) is 2.86. The Kier molecular flexibility index (Phi) is 3.33. The maximum absolute atomic E-state index is 10.7. The first-order valence-corrected chi connectivity index (χ1v) is 6.23. The molecule has 0 aromatic heterocycles. The van der Waals surface area contributed by atoms with Gasteiger partial charge in [0.1, 0.15) is 0 Å². The van der Waals surface area contributed by atoms with Crippen LogP contribution in [-0.2, 0) is 5.54 Å². The van der Waals surface area contributed by atoms with Gasteiger partial charge in [0, 0.05) is 30.5 Å². The van der Waals surface area contributed by atoms with E-state index in [1.165, 1.54) is 12.5 Å². The highest BCUT2D eigenvalue weighted by Gasteiger charge is 2.41. The number of nitro benzene ring substituents is 1. The standard InChI is InChI=1S/C14H16N2O2/c1-11-10-12(16(17)18)6-7-13(11)14(15-2)8-4-3-5-9-14/h6-7,10H,3-5,8-9H2,1H3. The minimum absolute atomic E-state index is 0.104. The van der Waals surface area contributed by atoms with Crippen LogP contribution >= 0.6 is 0 Å². The Morgan fingerprint density at radius 1 is 1.33 bits per heavy atom. The maximum Gasteiger partial charge on any atom is 0.269 e. The van der Waals surface area contributed by atoms with Gasteiger partial charge in [-0.25, -0.2) is 6.57 Å². The third kappa shape index (κ3) is 2.08. The molecule has 0 amide bonds. The zero-order valence-corrected chi connectivity index (χ0v) is 10.5. The summed E-state index contributed by atoms with van der Waals surface area (Å²) < 4.78 is 0. The van der Waals surface area contributed by atoms with Gasteiger partial charge in [-0.1, -0.05) is 6.42 Å². The molecule has 18 heavy (non-hydrogen) atoms. The molecular weight excluding hydrogens is 228 g/mol. The molecular formula is C14H16N2O2. The van der Waals surface area contributed by atoms with Crippen LogP contribution in [0, 0.1) is 23.6 Å². The SMILES string of the molecule is [C-]#[N+]C1(c2ccc([N+](=O)[O-])cc2C)CCCCC1. The number of nitrogens with zero attached hydrogens (tertiary/aromatic N) is 2. The predicted molar refractivity (Wildman–Crippen MR) is 69.2 cm³/mol. The average molecular weight is 244 g/mol. The first-order chi connectivity index (χ1) is 8.59. The molecule has 1 fully saturated rings. The van der Waals surface area contributed by atoms with E-state index in [9.17, 15) is 10.1 Å².